The van der Waals surface area contributed by atoms with Gasteiger partial charge in [0, 0.05) is 16.9 Å². The minimum atomic E-state index is -0.826. The molecule has 20 heavy (non-hydrogen) atoms. The van der Waals surface area contributed by atoms with Crippen LogP contribution in [0.4, 0.5) is 0 Å². The van der Waals surface area contributed by atoms with E-state index in [1.165, 1.54) is 0 Å². The Morgan fingerprint density at radius 2 is 2.00 bits per heavy atom. The van der Waals surface area contributed by atoms with Crippen LogP contribution in [-0.2, 0) is 14.3 Å². The second-order valence-electron chi connectivity index (χ2n) is 7.05. The van der Waals surface area contributed by atoms with Gasteiger partial charge in [0.2, 0.25) is 0 Å². The molecule has 0 aromatic carbocycles. The third kappa shape index (κ3) is 1.27. The summed E-state index contributed by atoms with van der Waals surface area (Å²) in [4.78, 5) is 11.7. The van der Waals surface area contributed by atoms with Crippen LogP contribution in [0.2, 0.25) is 0 Å². The first kappa shape index (κ1) is 12.8. The molecular formula is C15H20O5. The lowest BCUT2D eigenvalue weighted by Gasteiger charge is -2.42. The van der Waals surface area contributed by atoms with Crippen molar-refractivity contribution in [3.63, 3.8) is 0 Å². The Hall–Kier alpha value is -0.910. The first-order chi connectivity index (χ1) is 9.37. The zero-order valence-electron chi connectivity index (χ0n) is 11.7. The molecule has 2 N–H and O–H groups in total. The van der Waals surface area contributed by atoms with E-state index in [1.54, 1.807) is 0 Å². The third-order valence-electron chi connectivity index (χ3n) is 6.10. The molecule has 0 bridgehead atoms. The summed E-state index contributed by atoms with van der Waals surface area (Å²) in [7, 11) is 0. The second-order valence-corrected chi connectivity index (χ2v) is 7.05. The van der Waals surface area contributed by atoms with Gasteiger partial charge in [-0.2, -0.15) is 0 Å². The number of esters is 1. The molecule has 0 spiro atoms. The van der Waals surface area contributed by atoms with Crippen LogP contribution in [0.25, 0.3) is 0 Å². The summed E-state index contributed by atoms with van der Waals surface area (Å²) in [6.45, 7) is 7.79. The lowest BCUT2D eigenvalue weighted by Crippen LogP contribution is -2.51. The fourth-order valence-corrected chi connectivity index (χ4v) is 5.03. The average Bonchev–Trinajstić information content (AvgIpc) is 3.06. The van der Waals surface area contributed by atoms with E-state index in [1.807, 2.05) is 6.92 Å². The molecule has 4 rings (SSSR count). The van der Waals surface area contributed by atoms with Gasteiger partial charge in [0.15, 0.2) is 0 Å². The number of hydrogen-bond donors (Lipinski definition) is 2. The Morgan fingerprint density at radius 3 is 2.70 bits per heavy atom. The number of fused-ring (bicyclic) bond motifs is 4. The van der Waals surface area contributed by atoms with Crippen LogP contribution < -0.4 is 0 Å². The molecule has 2 saturated heterocycles. The summed E-state index contributed by atoms with van der Waals surface area (Å²) in [5, 5.41) is 21.4. The molecule has 2 aliphatic carbocycles. The van der Waals surface area contributed by atoms with E-state index in [2.05, 4.69) is 13.5 Å². The first-order valence-corrected chi connectivity index (χ1v) is 7.28. The molecule has 0 radical (unpaired) electrons. The van der Waals surface area contributed by atoms with E-state index in [0.717, 1.165) is 0 Å². The SMILES string of the molecule is C=C1C(=O)O[C@@H]2C[C@@H](C)[C@@H]3[C@H]4O[C@H]4[C@@H](O)[C@@]3(C)[C@@H](O)[C@H]12. The van der Waals surface area contributed by atoms with Gasteiger partial charge in [-0.05, 0) is 12.3 Å². The largest absolute Gasteiger partial charge is 0.458 e. The third-order valence-corrected chi connectivity index (χ3v) is 6.10. The van der Waals surface area contributed by atoms with E-state index in [-0.39, 0.29) is 30.1 Å². The average molecular weight is 280 g/mol. The van der Waals surface area contributed by atoms with E-state index >= 15 is 0 Å². The number of carbonyl (C=O) groups is 1. The van der Waals surface area contributed by atoms with Crippen molar-refractivity contribution in [2.75, 3.05) is 0 Å². The van der Waals surface area contributed by atoms with Crippen LogP contribution in [0.15, 0.2) is 12.2 Å². The minimum Gasteiger partial charge on any atom is -0.458 e. The van der Waals surface area contributed by atoms with Gasteiger partial charge in [0.05, 0.1) is 24.2 Å². The smallest absolute Gasteiger partial charge is 0.334 e. The van der Waals surface area contributed by atoms with Gasteiger partial charge < -0.3 is 19.7 Å². The Labute approximate surface area is 117 Å². The summed E-state index contributed by atoms with van der Waals surface area (Å²) in [6.07, 6.45) is -1.30. The zero-order chi connectivity index (χ0) is 14.4. The Balaban J connectivity index is 1.79. The van der Waals surface area contributed by atoms with Crippen molar-refractivity contribution in [2.45, 2.75) is 50.8 Å². The number of hydrogen-bond acceptors (Lipinski definition) is 5. The lowest BCUT2D eigenvalue weighted by atomic mass is 9.66. The molecule has 0 aromatic rings. The monoisotopic (exact) mass is 280 g/mol. The number of aliphatic hydroxyl groups excluding tert-OH is 2. The van der Waals surface area contributed by atoms with Crippen LogP contribution in [0, 0.1) is 23.2 Å². The summed E-state index contributed by atoms with van der Waals surface area (Å²) in [6, 6.07) is 0. The summed E-state index contributed by atoms with van der Waals surface area (Å²) in [5.74, 6) is -0.514. The van der Waals surface area contributed by atoms with Crippen molar-refractivity contribution in [3.05, 3.63) is 12.2 Å². The molecule has 5 heteroatoms. The Morgan fingerprint density at radius 1 is 1.30 bits per heavy atom. The number of rotatable bonds is 0. The van der Waals surface area contributed by atoms with Gasteiger partial charge in [0.25, 0.3) is 0 Å². The highest BCUT2D eigenvalue weighted by Gasteiger charge is 2.73. The molecule has 9 atom stereocenters. The van der Waals surface area contributed by atoms with E-state index in [4.69, 9.17) is 9.47 Å². The molecular weight excluding hydrogens is 260 g/mol. The lowest BCUT2D eigenvalue weighted by molar-refractivity contribution is -0.140. The quantitative estimate of drug-likeness (QED) is 0.378. The van der Waals surface area contributed by atoms with E-state index in [0.29, 0.717) is 12.0 Å². The fraction of sp³-hybridized carbons (Fsp3) is 0.800. The normalized spacial score (nSPS) is 60.4. The van der Waals surface area contributed by atoms with Crippen LogP contribution in [0.5, 0.6) is 0 Å². The fourth-order valence-electron chi connectivity index (χ4n) is 5.03. The number of aliphatic hydroxyl groups is 2. The van der Waals surface area contributed by atoms with Crippen LogP contribution in [0.1, 0.15) is 20.3 Å². The van der Waals surface area contributed by atoms with Crippen molar-refractivity contribution in [1.29, 1.82) is 0 Å². The maximum atomic E-state index is 11.7. The molecule has 2 saturated carbocycles. The van der Waals surface area contributed by atoms with Gasteiger partial charge in [-0.3, -0.25) is 0 Å². The van der Waals surface area contributed by atoms with Crippen molar-refractivity contribution in [1.82, 2.24) is 0 Å². The van der Waals surface area contributed by atoms with Crippen LogP contribution in [0.3, 0.4) is 0 Å². The molecule has 2 aliphatic heterocycles. The van der Waals surface area contributed by atoms with Gasteiger partial charge in [0.1, 0.15) is 12.2 Å². The highest BCUT2D eigenvalue weighted by Crippen LogP contribution is 2.62. The second kappa shape index (κ2) is 3.64. The highest BCUT2D eigenvalue weighted by atomic mass is 16.6. The predicted molar refractivity (Wildman–Crippen MR) is 68.6 cm³/mol. The number of ether oxygens (including phenoxy) is 2. The maximum Gasteiger partial charge on any atom is 0.334 e. The predicted octanol–water partition coefficient (Wildman–Crippen LogP) is 0.249. The van der Waals surface area contributed by atoms with Gasteiger partial charge in [-0.1, -0.05) is 20.4 Å². The van der Waals surface area contributed by atoms with Gasteiger partial charge in [-0.25, -0.2) is 4.79 Å². The number of epoxide rings is 1. The molecule has 4 fully saturated rings. The molecule has 0 aromatic heterocycles. The molecule has 2 heterocycles. The van der Waals surface area contributed by atoms with Crippen LogP contribution >= 0.6 is 0 Å². The topological polar surface area (TPSA) is 79.3 Å². The van der Waals surface area contributed by atoms with Crippen molar-refractivity contribution in [2.24, 2.45) is 23.2 Å². The van der Waals surface area contributed by atoms with E-state index in [9.17, 15) is 15.0 Å². The van der Waals surface area contributed by atoms with Crippen molar-refractivity contribution >= 4 is 5.97 Å². The zero-order valence-corrected chi connectivity index (χ0v) is 11.7. The van der Waals surface area contributed by atoms with Crippen molar-refractivity contribution < 1.29 is 24.5 Å². The Kier molecular flexibility index (Phi) is 2.33. The maximum absolute atomic E-state index is 11.7. The van der Waals surface area contributed by atoms with Gasteiger partial charge >= 0.3 is 5.97 Å². The summed E-state index contributed by atoms with van der Waals surface area (Å²) < 4.78 is 10.9. The van der Waals surface area contributed by atoms with Crippen LogP contribution in [-0.4, -0.2) is 46.7 Å². The standard InChI is InChI=1S/C15H20O5/c1-5-4-7-8(6(2)14(18)19-7)12(16)15(3)9(5)10-11(20-10)13(15)17/h5,7-13,16-17H,2,4H2,1,3H3/t5-,7-,8-,9-,10-,11-,12+,13-,15-/m1/s1. The molecule has 0 amide bonds. The molecule has 5 nitrogen and oxygen atoms in total. The minimum absolute atomic E-state index is 0.0300. The van der Waals surface area contributed by atoms with Crippen molar-refractivity contribution in [3.8, 4) is 0 Å². The summed E-state index contributed by atoms with van der Waals surface area (Å²) >= 11 is 0. The molecule has 0 unspecified atom stereocenters. The number of carbonyl (C=O) groups excluding carboxylic acids is 1. The Bertz CT molecular complexity index is 502. The summed E-state index contributed by atoms with van der Waals surface area (Å²) in [5.41, 5.74) is -0.325. The van der Waals surface area contributed by atoms with Gasteiger partial charge in [-0.15, -0.1) is 0 Å². The first-order valence-electron chi connectivity index (χ1n) is 7.28. The molecule has 110 valence electrons. The molecule has 4 aliphatic rings. The van der Waals surface area contributed by atoms with E-state index < -0.39 is 29.5 Å². The highest BCUT2D eigenvalue weighted by molar-refractivity contribution is 5.91.